The fourth-order valence-electron chi connectivity index (χ4n) is 1.20. The second-order valence-corrected chi connectivity index (χ2v) is 5.08. The smallest absolute Gasteiger partial charge is 0.330 e. The van der Waals surface area contributed by atoms with E-state index in [1.807, 2.05) is 18.2 Å². The van der Waals surface area contributed by atoms with Gasteiger partial charge in [0, 0.05) is 5.57 Å². The molecule has 4 heteroatoms. The van der Waals surface area contributed by atoms with Crippen molar-refractivity contribution in [2.45, 2.75) is 18.7 Å². The fourth-order valence-corrected chi connectivity index (χ4v) is 1.44. The minimum absolute atomic E-state index is 0.142. The Balaban J connectivity index is 0.000000459. The predicted molar refractivity (Wildman–Crippen MR) is 80.7 cm³/mol. The molecule has 1 atom stereocenters. The van der Waals surface area contributed by atoms with E-state index in [1.165, 1.54) is 12.5 Å². The molecule has 1 N–H and O–H groups in total. The first-order chi connectivity index (χ1) is 8.84. The first-order valence-electron chi connectivity index (χ1n) is 6.07. The Bertz CT molecular complexity index is 378. The molecule has 1 aromatic rings. The van der Waals surface area contributed by atoms with Gasteiger partial charge in [-0.1, -0.05) is 36.9 Å². The molecule has 0 amide bonds. The molecule has 106 valence electrons. The first-order valence-corrected chi connectivity index (χ1v) is 6.50. The van der Waals surface area contributed by atoms with Crippen LogP contribution in [-0.2, 0) is 4.79 Å². The van der Waals surface area contributed by atoms with Crippen molar-refractivity contribution in [2.24, 2.45) is 0 Å². The van der Waals surface area contributed by atoms with Crippen LogP contribution in [-0.4, -0.2) is 36.6 Å². The quantitative estimate of drug-likeness (QED) is 0.663. The molecule has 0 bridgehead atoms. The number of benzene rings is 1. The molecule has 1 rings (SSSR count). The molecule has 1 aromatic carbocycles. The Morgan fingerprint density at radius 1 is 1.37 bits per heavy atom. The molecule has 0 fully saturated rings. The summed E-state index contributed by atoms with van der Waals surface area (Å²) in [5.74, 6) is -0.935. The number of carboxylic acids is 1. The second-order valence-electron chi connectivity index (χ2n) is 4.56. The summed E-state index contributed by atoms with van der Waals surface area (Å²) in [5.41, 5.74) is 1.39. The number of nitrogens with zero attached hydrogens (tertiary/aromatic N) is 1. The Morgan fingerprint density at radius 2 is 1.84 bits per heavy atom. The lowest BCUT2D eigenvalue weighted by molar-refractivity contribution is -0.132. The monoisotopic (exact) mass is 283 g/mol. The molecule has 0 aromatic heterocycles. The van der Waals surface area contributed by atoms with Gasteiger partial charge in [-0.3, -0.25) is 0 Å². The summed E-state index contributed by atoms with van der Waals surface area (Å²) in [5, 5.41) is 8.03. The van der Waals surface area contributed by atoms with Crippen LogP contribution in [0.3, 0.4) is 0 Å². The normalized spacial score (nSPS) is 11.4. The van der Waals surface area contributed by atoms with Crippen LogP contribution in [0, 0.1) is 0 Å². The fraction of sp³-hybridized carbons (Fsp3) is 0.400. The third-order valence-electron chi connectivity index (χ3n) is 2.36. The third-order valence-corrected chi connectivity index (χ3v) is 2.83. The molecule has 3 nitrogen and oxygen atoms in total. The van der Waals surface area contributed by atoms with E-state index in [9.17, 15) is 4.79 Å². The molecule has 0 saturated heterocycles. The molecule has 0 saturated carbocycles. The van der Waals surface area contributed by atoms with Crippen LogP contribution in [0.2, 0.25) is 0 Å². The number of hydrogen-bond donors (Lipinski definition) is 1. The number of carbonyl (C=O) groups is 1. The van der Waals surface area contributed by atoms with Gasteiger partial charge in [-0.2, -0.15) is 0 Å². The average molecular weight is 284 g/mol. The maximum atomic E-state index is 9.60. The Labute approximate surface area is 120 Å². The van der Waals surface area contributed by atoms with E-state index in [4.69, 9.17) is 16.7 Å². The van der Waals surface area contributed by atoms with Gasteiger partial charge in [0.2, 0.25) is 0 Å². The van der Waals surface area contributed by atoms with Crippen LogP contribution < -0.4 is 0 Å². The maximum absolute atomic E-state index is 9.60. The van der Waals surface area contributed by atoms with Crippen molar-refractivity contribution >= 4 is 17.6 Å². The van der Waals surface area contributed by atoms with Gasteiger partial charge in [0.05, 0.1) is 5.38 Å². The molecule has 0 aliphatic rings. The van der Waals surface area contributed by atoms with Crippen molar-refractivity contribution in [3.63, 3.8) is 0 Å². The van der Waals surface area contributed by atoms with Crippen molar-refractivity contribution in [1.29, 1.82) is 0 Å². The molecule has 0 radical (unpaired) electrons. The summed E-state index contributed by atoms with van der Waals surface area (Å²) in [7, 11) is 4.13. The molecule has 1 unspecified atom stereocenters. The zero-order chi connectivity index (χ0) is 14.8. The highest BCUT2D eigenvalue weighted by Gasteiger charge is 2.06. The van der Waals surface area contributed by atoms with Gasteiger partial charge in [0.1, 0.15) is 0 Å². The molecule has 19 heavy (non-hydrogen) atoms. The zero-order valence-electron chi connectivity index (χ0n) is 11.8. The molecule has 0 heterocycles. The van der Waals surface area contributed by atoms with Crippen LogP contribution >= 0.6 is 11.6 Å². The van der Waals surface area contributed by atoms with Crippen LogP contribution in [0.1, 0.15) is 24.3 Å². The minimum Gasteiger partial charge on any atom is -0.478 e. The van der Waals surface area contributed by atoms with Crippen molar-refractivity contribution in [1.82, 2.24) is 4.90 Å². The van der Waals surface area contributed by atoms with Gasteiger partial charge in [-0.05, 0) is 39.5 Å². The number of rotatable bonds is 5. The van der Waals surface area contributed by atoms with Gasteiger partial charge in [-0.15, -0.1) is 11.6 Å². The van der Waals surface area contributed by atoms with Crippen molar-refractivity contribution < 1.29 is 9.90 Å². The standard InChI is InChI=1S/C11H16ClN.C4H6O2/c1-13(2)9-8-11(12)10-6-4-3-5-7-10;1-3(2)4(5)6/h3-7,11H,8-9H2,1-2H3;1H2,2H3,(H,5,6). The minimum atomic E-state index is -0.935. The van der Waals surface area contributed by atoms with Gasteiger partial charge in [0.15, 0.2) is 0 Å². The highest BCUT2D eigenvalue weighted by Crippen LogP contribution is 2.23. The van der Waals surface area contributed by atoms with E-state index in [1.54, 1.807) is 0 Å². The summed E-state index contributed by atoms with van der Waals surface area (Å²) in [4.78, 5) is 11.8. The van der Waals surface area contributed by atoms with E-state index in [-0.39, 0.29) is 11.0 Å². The molecule has 0 aliphatic carbocycles. The first kappa shape index (κ1) is 17.7. The van der Waals surface area contributed by atoms with Crippen LogP contribution in [0.5, 0.6) is 0 Å². The van der Waals surface area contributed by atoms with Crippen LogP contribution in [0.15, 0.2) is 42.5 Å². The van der Waals surface area contributed by atoms with Gasteiger partial charge >= 0.3 is 5.97 Å². The molecule has 0 aliphatic heterocycles. The van der Waals surface area contributed by atoms with E-state index in [0.29, 0.717) is 0 Å². The lowest BCUT2D eigenvalue weighted by Crippen LogP contribution is -2.14. The summed E-state index contributed by atoms with van der Waals surface area (Å²) in [6.07, 6.45) is 0.999. The Morgan fingerprint density at radius 3 is 2.21 bits per heavy atom. The number of alkyl halides is 1. The van der Waals surface area contributed by atoms with E-state index in [2.05, 4.69) is 37.7 Å². The largest absolute Gasteiger partial charge is 0.478 e. The number of carboxylic acid groups (broad SMARTS) is 1. The van der Waals surface area contributed by atoms with Crippen LogP contribution in [0.4, 0.5) is 0 Å². The maximum Gasteiger partial charge on any atom is 0.330 e. The summed E-state index contributed by atoms with van der Waals surface area (Å²) in [6.45, 7) is 5.63. The van der Waals surface area contributed by atoms with Crippen molar-refractivity contribution in [2.75, 3.05) is 20.6 Å². The number of hydrogen-bond acceptors (Lipinski definition) is 2. The summed E-state index contributed by atoms with van der Waals surface area (Å²) in [6, 6.07) is 10.2. The van der Waals surface area contributed by atoms with Gasteiger partial charge in [-0.25, -0.2) is 4.79 Å². The Hall–Kier alpha value is -1.32. The molecule has 0 spiro atoms. The Kier molecular flexibility index (Phi) is 8.92. The topological polar surface area (TPSA) is 40.5 Å². The SMILES string of the molecule is C=C(C)C(=O)O.CN(C)CCC(Cl)c1ccccc1. The van der Waals surface area contributed by atoms with Gasteiger partial charge < -0.3 is 10.0 Å². The molecular formula is C15H22ClNO2. The van der Waals surface area contributed by atoms with Crippen LogP contribution in [0.25, 0.3) is 0 Å². The van der Waals surface area contributed by atoms with E-state index >= 15 is 0 Å². The zero-order valence-corrected chi connectivity index (χ0v) is 12.5. The summed E-state index contributed by atoms with van der Waals surface area (Å²) < 4.78 is 0. The molecular weight excluding hydrogens is 262 g/mol. The average Bonchev–Trinajstić information content (AvgIpc) is 2.37. The van der Waals surface area contributed by atoms with Gasteiger partial charge in [0.25, 0.3) is 0 Å². The highest BCUT2D eigenvalue weighted by molar-refractivity contribution is 6.20. The lowest BCUT2D eigenvalue weighted by atomic mass is 10.1. The number of aliphatic carboxylic acids is 1. The third kappa shape index (κ3) is 9.28. The van der Waals surface area contributed by atoms with E-state index < -0.39 is 5.97 Å². The summed E-state index contributed by atoms with van der Waals surface area (Å²) >= 11 is 6.22. The highest BCUT2D eigenvalue weighted by atomic mass is 35.5. The van der Waals surface area contributed by atoms with E-state index in [0.717, 1.165) is 13.0 Å². The second kappa shape index (κ2) is 9.59. The lowest BCUT2D eigenvalue weighted by Gasteiger charge is -2.13. The predicted octanol–water partition coefficient (Wildman–Crippen LogP) is 3.57. The van der Waals surface area contributed by atoms with Crippen molar-refractivity contribution in [3.8, 4) is 0 Å². The number of halogens is 1. The van der Waals surface area contributed by atoms with Crippen molar-refractivity contribution in [3.05, 3.63) is 48.0 Å².